The van der Waals surface area contributed by atoms with E-state index in [1.165, 1.54) is 4.90 Å². The summed E-state index contributed by atoms with van der Waals surface area (Å²) >= 11 is 1.73. The largest absolute Gasteiger partial charge is 0.351 e. The number of hydrogen-bond donors (Lipinski definition) is 1. The van der Waals surface area contributed by atoms with Crippen LogP contribution in [-0.2, 0) is 6.54 Å². The highest BCUT2D eigenvalue weighted by Crippen LogP contribution is 2.15. The predicted molar refractivity (Wildman–Crippen MR) is 97.3 cm³/mol. The Balaban J connectivity index is 1.45. The smallest absolute Gasteiger partial charge is 0.254 e. The Morgan fingerprint density at radius 3 is 2.50 bits per heavy atom. The maximum atomic E-state index is 12.1. The molecule has 0 aliphatic heterocycles. The summed E-state index contributed by atoms with van der Waals surface area (Å²) in [5.74, 6) is 0.761. The molecule has 0 fully saturated rings. The number of nitrogens with one attached hydrogen (secondary N) is 1. The predicted octanol–water partition coefficient (Wildman–Crippen LogP) is 3.45. The van der Waals surface area contributed by atoms with Gasteiger partial charge >= 0.3 is 0 Å². The first-order chi connectivity index (χ1) is 11.8. The monoisotopic (exact) mass is 337 g/mol. The molecule has 0 aliphatic carbocycles. The van der Waals surface area contributed by atoms with E-state index in [0.717, 1.165) is 11.3 Å². The Morgan fingerprint density at radius 2 is 1.75 bits per heavy atom. The molecule has 0 bridgehead atoms. The van der Waals surface area contributed by atoms with Crippen LogP contribution >= 0.6 is 11.8 Å². The lowest BCUT2D eigenvalue weighted by atomic mass is 10.2. The minimum absolute atomic E-state index is 0.0806. The first kappa shape index (κ1) is 16.3. The highest BCUT2D eigenvalue weighted by molar-refractivity contribution is 7.99. The van der Waals surface area contributed by atoms with Gasteiger partial charge in [0.2, 0.25) is 0 Å². The number of aromatic nitrogens is 2. The van der Waals surface area contributed by atoms with Gasteiger partial charge in [0, 0.05) is 23.4 Å². The lowest BCUT2D eigenvalue weighted by molar-refractivity contribution is 0.0956. The number of benzene rings is 2. The number of carbonyl (C=O) groups is 1. The lowest BCUT2D eigenvalue weighted by Crippen LogP contribution is -2.25. The Hall–Kier alpha value is -2.53. The zero-order valence-corrected chi connectivity index (χ0v) is 14.1. The number of thioether (sulfide) groups is 1. The topological polar surface area (TPSA) is 46.9 Å². The fraction of sp³-hybridized carbons (Fsp3) is 0.158. The van der Waals surface area contributed by atoms with E-state index in [2.05, 4.69) is 22.5 Å². The first-order valence-corrected chi connectivity index (χ1v) is 8.82. The molecule has 0 atom stereocenters. The average molecular weight is 337 g/mol. The molecule has 0 spiro atoms. The zero-order chi connectivity index (χ0) is 16.6. The number of hydrogen-bond acceptors (Lipinski definition) is 3. The fourth-order valence-electron chi connectivity index (χ4n) is 2.29. The normalized spacial score (nSPS) is 10.5. The quantitative estimate of drug-likeness (QED) is 0.530. The number of carbonyl (C=O) groups excluding carboxylic acids is 1. The summed E-state index contributed by atoms with van der Waals surface area (Å²) in [6, 6.07) is 20.2. The molecule has 3 rings (SSSR count). The van der Waals surface area contributed by atoms with Gasteiger partial charge in [-0.15, -0.1) is 11.8 Å². The van der Waals surface area contributed by atoms with Crippen molar-refractivity contribution in [1.29, 1.82) is 0 Å². The summed E-state index contributed by atoms with van der Waals surface area (Å²) in [6.45, 7) is 1.29. The highest BCUT2D eigenvalue weighted by atomic mass is 32.2. The zero-order valence-electron chi connectivity index (χ0n) is 13.3. The standard InChI is InChI=1S/C19H19N3OS/c23-19(20-11-12-24-18-9-5-2-6-10-18)17-13-21-22(15-17)14-16-7-3-1-4-8-16/h1-10,13,15H,11-12,14H2,(H,20,23). The minimum Gasteiger partial charge on any atom is -0.351 e. The van der Waals surface area contributed by atoms with Crippen molar-refractivity contribution in [3.63, 3.8) is 0 Å². The summed E-state index contributed by atoms with van der Waals surface area (Å²) in [5, 5.41) is 7.19. The summed E-state index contributed by atoms with van der Waals surface area (Å²) in [7, 11) is 0. The Labute approximate surface area is 145 Å². The maximum Gasteiger partial charge on any atom is 0.254 e. The van der Waals surface area contributed by atoms with Crippen LogP contribution in [-0.4, -0.2) is 28.0 Å². The molecule has 2 aromatic carbocycles. The van der Waals surface area contributed by atoms with Crippen LogP contribution in [0.4, 0.5) is 0 Å². The van der Waals surface area contributed by atoms with E-state index in [0.29, 0.717) is 18.7 Å². The van der Waals surface area contributed by atoms with Crippen LogP contribution in [0, 0.1) is 0 Å². The van der Waals surface area contributed by atoms with Gasteiger partial charge in [-0.3, -0.25) is 9.48 Å². The summed E-state index contributed by atoms with van der Waals surface area (Å²) in [6.07, 6.45) is 3.40. The van der Waals surface area contributed by atoms with Crippen LogP contribution in [0.25, 0.3) is 0 Å². The third-order valence-electron chi connectivity index (χ3n) is 3.48. The van der Waals surface area contributed by atoms with Gasteiger partial charge in [0.15, 0.2) is 0 Å². The summed E-state index contributed by atoms with van der Waals surface area (Å²) < 4.78 is 1.78. The van der Waals surface area contributed by atoms with Gasteiger partial charge < -0.3 is 5.32 Å². The molecule has 3 aromatic rings. The van der Waals surface area contributed by atoms with Crippen LogP contribution in [0.1, 0.15) is 15.9 Å². The van der Waals surface area contributed by atoms with Crippen LogP contribution in [0.15, 0.2) is 78.0 Å². The van der Waals surface area contributed by atoms with Crippen molar-refractivity contribution in [2.75, 3.05) is 12.3 Å². The summed E-state index contributed by atoms with van der Waals surface area (Å²) in [4.78, 5) is 13.4. The SMILES string of the molecule is O=C(NCCSc1ccccc1)c1cnn(Cc2ccccc2)c1. The van der Waals surface area contributed by atoms with Crippen LogP contribution in [0.5, 0.6) is 0 Å². The van der Waals surface area contributed by atoms with Crippen molar-refractivity contribution < 1.29 is 4.79 Å². The van der Waals surface area contributed by atoms with E-state index >= 15 is 0 Å². The summed E-state index contributed by atoms with van der Waals surface area (Å²) in [5.41, 5.74) is 1.75. The molecule has 0 aliphatic rings. The third kappa shape index (κ3) is 4.73. The van der Waals surface area contributed by atoms with Crippen molar-refractivity contribution in [3.8, 4) is 0 Å². The van der Waals surface area contributed by atoms with Crippen molar-refractivity contribution >= 4 is 17.7 Å². The van der Waals surface area contributed by atoms with Crippen molar-refractivity contribution in [2.24, 2.45) is 0 Å². The highest BCUT2D eigenvalue weighted by Gasteiger charge is 2.08. The second-order valence-corrected chi connectivity index (χ2v) is 6.50. The Morgan fingerprint density at radius 1 is 1.04 bits per heavy atom. The van der Waals surface area contributed by atoms with Crippen molar-refractivity contribution in [3.05, 3.63) is 84.2 Å². The van der Waals surface area contributed by atoms with E-state index in [-0.39, 0.29) is 5.91 Å². The van der Waals surface area contributed by atoms with E-state index in [1.807, 2.05) is 48.5 Å². The molecule has 1 N–H and O–H groups in total. The van der Waals surface area contributed by atoms with Gasteiger partial charge in [-0.2, -0.15) is 5.10 Å². The lowest BCUT2D eigenvalue weighted by Gasteiger charge is -2.04. The van der Waals surface area contributed by atoms with Crippen LogP contribution < -0.4 is 5.32 Å². The van der Waals surface area contributed by atoms with Crippen molar-refractivity contribution in [1.82, 2.24) is 15.1 Å². The maximum absolute atomic E-state index is 12.1. The molecule has 0 saturated heterocycles. The van der Waals surface area contributed by atoms with Gasteiger partial charge in [0.1, 0.15) is 0 Å². The molecule has 0 saturated carbocycles. The molecule has 5 heteroatoms. The molecule has 0 radical (unpaired) electrons. The molecule has 1 amide bonds. The van der Waals surface area contributed by atoms with E-state index < -0.39 is 0 Å². The van der Waals surface area contributed by atoms with Gasteiger partial charge in [-0.1, -0.05) is 48.5 Å². The number of amides is 1. The van der Waals surface area contributed by atoms with Gasteiger partial charge in [-0.05, 0) is 17.7 Å². The first-order valence-electron chi connectivity index (χ1n) is 7.84. The number of nitrogens with zero attached hydrogens (tertiary/aromatic N) is 2. The average Bonchev–Trinajstić information content (AvgIpc) is 3.09. The minimum atomic E-state index is -0.0806. The van der Waals surface area contributed by atoms with Gasteiger partial charge in [0.05, 0.1) is 18.3 Å². The fourth-order valence-corrected chi connectivity index (χ4v) is 3.08. The van der Waals surface area contributed by atoms with E-state index in [1.54, 1.807) is 28.8 Å². The van der Waals surface area contributed by atoms with E-state index in [4.69, 9.17) is 0 Å². The molecule has 24 heavy (non-hydrogen) atoms. The molecular formula is C19H19N3OS. The van der Waals surface area contributed by atoms with Gasteiger partial charge in [0.25, 0.3) is 5.91 Å². The molecule has 122 valence electrons. The molecule has 4 nitrogen and oxygen atoms in total. The molecular weight excluding hydrogens is 318 g/mol. The molecule has 1 heterocycles. The Bertz CT molecular complexity index is 772. The van der Waals surface area contributed by atoms with Gasteiger partial charge in [-0.25, -0.2) is 0 Å². The third-order valence-corrected chi connectivity index (χ3v) is 4.50. The molecule has 1 aromatic heterocycles. The second-order valence-electron chi connectivity index (χ2n) is 5.33. The van der Waals surface area contributed by atoms with Crippen molar-refractivity contribution in [2.45, 2.75) is 11.4 Å². The van der Waals surface area contributed by atoms with Crippen LogP contribution in [0.3, 0.4) is 0 Å². The van der Waals surface area contributed by atoms with E-state index in [9.17, 15) is 4.79 Å². The second kappa shape index (κ2) is 8.36. The van der Waals surface area contributed by atoms with Crippen LogP contribution in [0.2, 0.25) is 0 Å². The molecule has 0 unspecified atom stereocenters. The Kier molecular flexibility index (Phi) is 5.69. The number of rotatable bonds is 7.